The SMILES string of the molecule is CC(C)c1scnc1[N+](=O)[O-]. The minimum Gasteiger partial charge on any atom is -0.358 e. The van der Waals surface area contributed by atoms with Crippen LogP contribution in [0.5, 0.6) is 0 Å². The molecule has 0 unspecified atom stereocenters. The number of hydrogen-bond donors (Lipinski definition) is 0. The molecule has 0 N–H and O–H groups in total. The average molecular weight is 172 g/mol. The number of rotatable bonds is 2. The van der Waals surface area contributed by atoms with Crippen LogP contribution >= 0.6 is 11.3 Å². The highest BCUT2D eigenvalue weighted by Crippen LogP contribution is 2.28. The average Bonchev–Trinajstić information content (AvgIpc) is 2.32. The summed E-state index contributed by atoms with van der Waals surface area (Å²) in [4.78, 5) is 14.3. The van der Waals surface area contributed by atoms with Crippen molar-refractivity contribution >= 4 is 17.2 Å². The van der Waals surface area contributed by atoms with Crippen molar-refractivity contribution in [2.45, 2.75) is 19.8 Å². The summed E-state index contributed by atoms with van der Waals surface area (Å²) in [5, 5.41) is 10.3. The predicted octanol–water partition coefficient (Wildman–Crippen LogP) is 2.17. The lowest BCUT2D eigenvalue weighted by Crippen LogP contribution is -1.93. The van der Waals surface area contributed by atoms with E-state index in [0.717, 1.165) is 4.88 Å². The molecule has 0 aliphatic rings. The van der Waals surface area contributed by atoms with Crippen molar-refractivity contribution in [2.24, 2.45) is 0 Å². The Morgan fingerprint density at radius 3 is 2.73 bits per heavy atom. The summed E-state index contributed by atoms with van der Waals surface area (Å²) in [5.41, 5.74) is 1.51. The molecule has 0 aliphatic carbocycles. The molecule has 11 heavy (non-hydrogen) atoms. The highest BCUT2D eigenvalue weighted by Gasteiger charge is 2.19. The second-order valence-electron chi connectivity index (χ2n) is 2.45. The first-order valence-electron chi connectivity index (χ1n) is 3.20. The summed E-state index contributed by atoms with van der Waals surface area (Å²) in [7, 11) is 0. The van der Waals surface area contributed by atoms with Crippen LogP contribution in [0.3, 0.4) is 0 Å². The Labute approximate surface area is 68.0 Å². The zero-order valence-corrected chi connectivity index (χ0v) is 7.09. The standard InChI is InChI=1S/C6H8N2O2S/c1-4(2)5-6(8(9)10)7-3-11-5/h3-4H,1-2H3. The normalized spacial score (nSPS) is 10.5. The Kier molecular flexibility index (Phi) is 2.19. The lowest BCUT2D eigenvalue weighted by molar-refractivity contribution is -0.389. The van der Waals surface area contributed by atoms with Crippen molar-refractivity contribution in [1.29, 1.82) is 0 Å². The molecule has 0 bridgehead atoms. The second-order valence-corrected chi connectivity index (χ2v) is 3.34. The maximum atomic E-state index is 10.3. The fourth-order valence-electron chi connectivity index (χ4n) is 0.781. The highest BCUT2D eigenvalue weighted by molar-refractivity contribution is 7.10. The van der Waals surface area contributed by atoms with Gasteiger partial charge in [-0.25, -0.2) is 0 Å². The van der Waals surface area contributed by atoms with E-state index < -0.39 is 4.92 Å². The van der Waals surface area contributed by atoms with Crippen LogP contribution in [0.4, 0.5) is 5.82 Å². The first kappa shape index (κ1) is 8.13. The summed E-state index contributed by atoms with van der Waals surface area (Å²) in [5.74, 6) is 0.188. The summed E-state index contributed by atoms with van der Waals surface area (Å²) in [6.45, 7) is 3.83. The molecule has 60 valence electrons. The quantitative estimate of drug-likeness (QED) is 0.507. The van der Waals surface area contributed by atoms with Gasteiger partial charge in [0.2, 0.25) is 0 Å². The van der Waals surface area contributed by atoms with E-state index in [2.05, 4.69) is 4.98 Å². The van der Waals surface area contributed by atoms with Crippen molar-refractivity contribution in [3.63, 3.8) is 0 Å². The molecule has 0 aliphatic heterocycles. The number of thiazole rings is 1. The van der Waals surface area contributed by atoms with E-state index in [0.29, 0.717) is 0 Å². The zero-order chi connectivity index (χ0) is 8.43. The van der Waals surface area contributed by atoms with E-state index in [1.165, 1.54) is 16.8 Å². The summed E-state index contributed by atoms with van der Waals surface area (Å²) >= 11 is 1.33. The van der Waals surface area contributed by atoms with Gasteiger partial charge in [-0.2, -0.15) is 0 Å². The molecule has 1 aromatic heterocycles. The molecule has 1 rings (SSSR count). The molecule has 0 saturated heterocycles. The first-order valence-corrected chi connectivity index (χ1v) is 4.08. The van der Waals surface area contributed by atoms with E-state index in [1.54, 1.807) is 0 Å². The minimum absolute atomic E-state index is 0.00463. The molecule has 0 amide bonds. The molecular weight excluding hydrogens is 164 g/mol. The van der Waals surface area contributed by atoms with Gasteiger partial charge in [0.1, 0.15) is 4.88 Å². The van der Waals surface area contributed by atoms with Gasteiger partial charge in [0, 0.05) is 0 Å². The summed E-state index contributed by atoms with van der Waals surface area (Å²) < 4.78 is 0. The van der Waals surface area contributed by atoms with Gasteiger partial charge in [0.15, 0.2) is 5.51 Å². The Bertz CT molecular complexity index is 269. The smallest absolute Gasteiger partial charge is 0.358 e. The number of hydrogen-bond acceptors (Lipinski definition) is 4. The van der Waals surface area contributed by atoms with Gasteiger partial charge >= 0.3 is 5.82 Å². The van der Waals surface area contributed by atoms with Crippen LogP contribution in [0.1, 0.15) is 24.6 Å². The largest absolute Gasteiger partial charge is 0.377 e. The van der Waals surface area contributed by atoms with Crippen LogP contribution in [0.2, 0.25) is 0 Å². The molecule has 0 atom stereocenters. The van der Waals surface area contributed by atoms with Crippen molar-refractivity contribution < 1.29 is 4.92 Å². The Morgan fingerprint density at radius 1 is 1.73 bits per heavy atom. The van der Waals surface area contributed by atoms with Crippen molar-refractivity contribution in [1.82, 2.24) is 4.98 Å². The van der Waals surface area contributed by atoms with Crippen LogP contribution in [-0.2, 0) is 0 Å². The van der Waals surface area contributed by atoms with E-state index in [1.807, 2.05) is 13.8 Å². The van der Waals surface area contributed by atoms with E-state index in [9.17, 15) is 10.1 Å². The van der Waals surface area contributed by atoms with Gasteiger partial charge in [-0.15, -0.1) is 0 Å². The molecule has 5 heteroatoms. The van der Waals surface area contributed by atoms with Crippen LogP contribution in [0, 0.1) is 10.1 Å². The zero-order valence-electron chi connectivity index (χ0n) is 6.27. The maximum absolute atomic E-state index is 10.3. The van der Waals surface area contributed by atoms with Gasteiger partial charge < -0.3 is 10.1 Å². The molecule has 1 aromatic rings. The van der Waals surface area contributed by atoms with E-state index >= 15 is 0 Å². The highest BCUT2D eigenvalue weighted by atomic mass is 32.1. The van der Waals surface area contributed by atoms with Crippen LogP contribution in [0.25, 0.3) is 0 Å². The number of aromatic nitrogens is 1. The van der Waals surface area contributed by atoms with Gasteiger partial charge in [-0.3, -0.25) is 0 Å². The number of nitro groups is 1. The van der Waals surface area contributed by atoms with Gasteiger partial charge in [-0.1, -0.05) is 25.2 Å². The maximum Gasteiger partial charge on any atom is 0.377 e. The predicted molar refractivity (Wildman–Crippen MR) is 42.9 cm³/mol. The Balaban J connectivity index is 3.06. The third-order valence-corrected chi connectivity index (χ3v) is 2.39. The monoisotopic (exact) mass is 172 g/mol. The van der Waals surface area contributed by atoms with Crippen molar-refractivity contribution in [3.8, 4) is 0 Å². The fraction of sp³-hybridized carbons (Fsp3) is 0.500. The number of nitrogens with zero attached hydrogens (tertiary/aromatic N) is 2. The molecule has 0 radical (unpaired) electrons. The molecule has 4 nitrogen and oxygen atoms in total. The van der Waals surface area contributed by atoms with E-state index in [4.69, 9.17) is 0 Å². The van der Waals surface area contributed by atoms with E-state index in [-0.39, 0.29) is 11.7 Å². The topological polar surface area (TPSA) is 56.0 Å². The minimum atomic E-state index is -0.439. The summed E-state index contributed by atoms with van der Waals surface area (Å²) in [6.07, 6.45) is 0. The first-order chi connectivity index (χ1) is 5.13. The second kappa shape index (κ2) is 2.96. The molecule has 0 fully saturated rings. The van der Waals surface area contributed by atoms with Crippen LogP contribution in [-0.4, -0.2) is 9.91 Å². The molecule has 1 heterocycles. The molecule has 0 aromatic carbocycles. The van der Waals surface area contributed by atoms with Gasteiger partial charge in [-0.05, 0) is 15.8 Å². The molecular formula is C6H8N2O2S. The van der Waals surface area contributed by atoms with Crippen molar-refractivity contribution in [2.75, 3.05) is 0 Å². The van der Waals surface area contributed by atoms with Crippen LogP contribution < -0.4 is 0 Å². The third kappa shape index (κ3) is 1.54. The fourth-order valence-corrected chi connectivity index (χ4v) is 1.55. The summed E-state index contributed by atoms with van der Waals surface area (Å²) in [6, 6.07) is 0. The van der Waals surface area contributed by atoms with Gasteiger partial charge in [0.05, 0.1) is 0 Å². The third-order valence-electron chi connectivity index (χ3n) is 1.27. The van der Waals surface area contributed by atoms with Crippen molar-refractivity contribution in [3.05, 3.63) is 20.5 Å². The lowest BCUT2D eigenvalue weighted by Gasteiger charge is -1.97. The van der Waals surface area contributed by atoms with Gasteiger partial charge in [0.25, 0.3) is 0 Å². The Morgan fingerprint density at radius 2 is 2.36 bits per heavy atom. The van der Waals surface area contributed by atoms with Crippen LogP contribution in [0.15, 0.2) is 5.51 Å². The molecule has 0 spiro atoms. The Hall–Kier alpha value is -0.970. The molecule has 0 saturated carbocycles. The lowest BCUT2D eigenvalue weighted by atomic mass is 10.2.